The number of hydrogen-bond acceptors (Lipinski definition) is 2. The lowest BCUT2D eigenvalue weighted by atomic mass is 9.96. The van der Waals surface area contributed by atoms with Crippen molar-refractivity contribution in [2.24, 2.45) is 5.92 Å². The highest BCUT2D eigenvalue weighted by Crippen LogP contribution is 2.21. The van der Waals surface area contributed by atoms with Crippen LogP contribution in [0.25, 0.3) is 0 Å². The number of carbonyl (C=O) groups is 1. The summed E-state index contributed by atoms with van der Waals surface area (Å²) in [5.41, 5.74) is 0. The van der Waals surface area contributed by atoms with Crippen molar-refractivity contribution in [2.75, 3.05) is 0 Å². The second-order valence-electron chi connectivity index (χ2n) is 3.39. The number of hydrogen-bond donors (Lipinski definition) is 0. The van der Waals surface area contributed by atoms with Crippen molar-refractivity contribution in [1.82, 2.24) is 0 Å². The normalized spacial score (nSPS) is 13.2. The Balaban J connectivity index is 2.63. The summed E-state index contributed by atoms with van der Waals surface area (Å²) in [7, 11) is 0. The molecule has 0 aromatic carbocycles. The zero-order chi connectivity index (χ0) is 8.97. The molecule has 0 amide bonds. The number of rotatable bonds is 4. The zero-order valence-electron chi connectivity index (χ0n) is 7.49. The molecule has 1 rings (SSSR count). The number of carbonyl (C=O) groups excluding carboxylic acids is 1. The lowest BCUT2D eigenvalue weighted by Gasteiger charge is -2.09. The second-order valence-corrected chi connectivity index (χ2v) is 3.39. The number of furan rings is 1. The van der Waals surface area contributed by atoms with Crippen LogP contribution in [-0.4, -0.2) is 6.29 Å². The van der Waals surface area contributed by atoms with Gasteiger partial charge in [0.1, 0.15) is 12.0 Å². The molecule has 0 radical (unpaired) electrons. The van der Waals surface area contributed by atoms with Gasteiger partial charge < -0.3 is 9.21 Å². The van der Waals surface area contributed by atoms with Crippen LogP contribution in [0.15, 0.2) is 22.8 Å². The predicted octanol–water partition coefficient (Wildman–Crippen LogP) is 2.61. The van der Waals surface area contributed by atoms with Crippen molar-refractivity contribution in [1.29, 1.82) is 0 Å². The van der Waals surface area contributed by atoms with Crippen LogP contribution in [0.3, 0.4) is 0 Å². The minimum atomic E-state index is -0.0694. The molecule has 1 aromatic heterocycles. The third kappa shape index (κ3) is 2.22. The molecule has 0 fully saturated rings. The maximum atomic E-state index is 10.7. The highest BCUT2D eigenvalue weighted by molar-refractivity contribution is 5.60. The Morgan fingerprint density at radius 2 is 2.33 bits per heavy atom. The molecule has 1 unspecified atom stereocenters. The average molecular weight is 166 g/mol. The van der Waals surface area contributed by atoms with Crippen LogP contribution >= 0.6 is 0 Å². The summed E-state index contributed by atoms with van der Waals surface area (Å²) in [6.45, 7) is 4.19. The Labute approximate surface area is 72.6 Å². The first-order valence-corrected chi connectivity index (χ1v) is 4.22. The molecule has 0 saturated carbocycles. The lowest BCUT2D eigenvalue weighted by molar-refractivity contribution is -0.109. The van der Waals surface area contributed by atoms with Crippen LogP contribution in [0.1, 0.15) is 31.9 Å². The fraction of sp³-hybridized carbons (Fsp3) is 0.500. The van der Waals surface area contributed by atoms with E-state index in [-0.39, 0.29) is 5.92 Å². The van der Waals surface area contributed by atoms with E-state index in [1.54, 1.807) is 6.26 Å². The highest BCUT2D eigenvalue weighted by Gasteiger charge is 2.14. The van der Waals surface area contributed by atoms with Crippen molar-refractivity contribution < 1.29 is 9.21 Å². The number of aldehydes is 1. The van der Waals surface area contributed by atoms with Gasteiger partial charge in [-0.1, -0.05) is 13.8 Å². The zero-order valence-corrected chi connectivity index (χ0v) is 7.49. The van der Waals surface area contributed by atoms with Crippen LogP contribution in [0.4, 0.5) is 0 Å². The molecular formula is C10H14O2. The topological polar surface area (TPSA) is 30.2 Å². The van der Waals surface area contributed by atoms with E-state index in [9.17, 15) is 4.79 Å². The summed E-state index contributed by atoms with van der Waals surface area (Å²) in [6, 6.07) is 3.66. The van der Waals surface area contributed by atoms with Gasteiger partial charge in [0.2, 0.25) is 0 Å². The van der Waals surface area contributed by atoms with Gasteiger partial charge in [0.05, 0.1) is 12.2 Å². The third-order valence-corrected chi connectivity index (χ3v) is 1.80. The van der Waals surface area contributed by atoms with E-state index >= 15 is 0 Å². The van der Waals surface area contributed by atoms with Crippen LogP contribution in [0.5, 0.6) is 0 Å². The third-order valence-electron chi connectivity index (χ3n) is 1.80. The summed E-state index contributed by atoms with van der Waals surface area (Å²) in [5.74, 6) is 1.23. The molecule has 0 aliphatic carbocycles. The van der Waals surface area contributed by atoms with E-state index in [2.05, 4.69) is 13.8 Å². The monoisotopic (exact) mass is 166 g/mol. The Morgan fingerprint density at radius 1 is 1.58 bits per heavy atom. The Morgan fingerprint density at radius 3 is 2.75 bits per heavy atom. The molecule has 1 aromatic rings. The molecule has 0 spiro atoms. The molecule has 1 heterocycles. The predicted molar refractivity (Wildman–Crippen MR) is 47.0 cm³/mol. The van der Waals surface area contributed by atoms with Gasteiger partial charge in [0.25, 0.3) is 0 Å². The van der Waals surface area contributed by atoms with E-state index < -0.39 is 0 Å². The first-order valence-electron chi connectivity index (χ1n) is 4.22. The van der Waals surface area contributed by atoms with Gasteiger partial charge in [0.15, 0.2) is 0 Å². The van der Waals surface area contributed by atoms with E-state index in [4.69, 9.17) is 4.42 Å². The smallest absolute Gasteiger partial charge is 0.130 e. The van der Waals surface area contributed by atoms with Gasteiger partial charge in [-0.15, -0.1) is 0 Å². The molecule has 0 bridgehead atoms. The fourth-order valence-corrected chi connectivity index (χ4v) is 1.25. The maximum absolute atomic E-state index is 10.7. The van der Waals surface area contributed by atoms with Crippen molar-refractivity contribution in [3.05, 3.63) is 24.2 Å². The summed E-state index contributed by atoms with van der Waals surface area (Å²) >= 11 is 0. The van der Waals surface area contributed by atoms with Crippen LogP contribution < -0.4 is 0 Å². The van der Waals surface area contributed by atoms with Gasteiger partial charge in [0, 0.05) is 0 Å². The second kappa shape index (κ2) is 4.10. The quantitative estimate of drug-likeness (QED) is 0.643. The van der Waals surface area contributed by atoms with Crippen molar-refractivity contribution in [3.63, 3.8) is 0 Å². The maximum Gasteiger partial charge on any atom is 0.130 e. The van der Waals surface area contributed by atoms with Gasteiger partial charge in [-0.05, 0) is 24.5 Å². The standard InChI is InChI=1S/C10H14O2/c1-8(2)6-9(7-11)10-4-3-5-12-10/h3-5,7-9H,6H2,1-2H3. The largest absolute Gasteiger partial charge is 0.469 e. The molecule has 0 aliphatic rings. The molecule has 2 heteroatoms. The fourth-order valence-electron chi connectivity index (χ4n) is 1.25. The minimum Gasteiger partial charge on any atom is -0.469 e. The van der Waals surface area contributed by atoms with Gasteiger partial charge in [-0.2, -0.15) is 0 Å². The van der Waals surface area contributed by atoms with E-state index in [0.717, 1.165) is 18.5 Å². The minimum absolute atomic E-state index is 0.0694. The van der Waals surface area contributed by atoms with Crippen molar-refractivity contribution in [3.8, 4) is 0 Å². The van der Waals surface area contributed by atoms with Gasteiger partial charge >= 0.3 is 0 Å². The Bertz CT molecular complexity index is 224. The van der Waals surface area contributed by atoms with Crippen LogP contribution in [0.2, 0.25) is 0 Å². The SMILES string of the molecule is CC(C)CC(C=O)c1ccco1. The van der Waals surface area contributed by atoms with Crippen molar-refractivity contribution in [2.45, 2.75) is 26.2 Å². The molecular weight excluding hydrogens is 152 g/mol. The van der Waals surface area contributed by atoms with E-state index in [1.807, 2.05) is 12.1 Å². The lowest BCUT2D eigenvalue weighted by Crippen LogP contribution is -2.02. The molecule has 1 atom stereocenters. The summed E-state index contributed by atoms with van der Waals surface area (Å²) in [4.78, 5) is 10.7. The Kier molecular flexibility index (Phi) is 3.09. The summed E-state index contributed by atoms with van der Waals surface area (Å²) < 4.78 is 5.16. The molecule has 2 nitrogen and oxygen atoms in total. The average Bonchev–Trinajstić information content (AvgIpc) is 2.51. The van der Waals surface area contributed by atoms with Gasteiger partial charge in [-0.25, -0.2) is 0 Å². The first-order chi connectivity index (χ1) is 5.74. The molecule has 0 saturated heterocycles. The molecule has 0 N–H and O–H groups in total. The first kappa shape index (κ1) is 9.04. The van der Waals surface area contributed by atoms with E-state index in [0.29, 0.717) is 5.92 Å². The van der Waals surface area contributed by atoms with Crippen molar-refractivity contribution >= 4 is 6.29 Å². The summed E-state index contributed by atoms with van der Waals surface area (Å²) in [5, 5.41) is 0. The van der Waals surface area contributed by atoms with Crippen LogP contribution in [0, 0.1) is 5.92 Å². The summed E-state index contributed by atoms with van der Waals surface area (Å²) in [6.07, 6.45) is 3.42. The molecule has 12 heavy (non-hydrogen) atoms. The molecule has 0 aliphatic heterocycles. The van der Waals surface area contributed by atoms with Gasteiger partial charge in [-0.3, -0.25) is 0 Å². The molecule has 66 valence electrons. The highest BCUT2D eigenvalue weighted by atomic mass is 16.3. The van der Waals surface area contributed by atoms with E-state index in [1.165, 1.54) is 0 Å². The van der Waals surface area contributed by atoms with Crippen LogP contribution in [-0.2, 0) is 4.79 Å². The Hall–Kier alpha value is -1.05.